The maximum absolute atomic E-state index is 12.0. The number of hydrogen-bond acceptors (Lipinski definition) is 4. The number of hydrazine groups is 1. The van der Waals surface area contributed by atoms with Gasteiger partial charge in [0.25, 0.3) is 15.9 Å². The summed E-state index contributed by atoms with van der Waals surface area (Å²) in [5.74, 6) is -0.182. The van der Waals surface area contributed by atoms with Gasteiger partial charge in [0.2, 0.25) is 0 Å². The predicted octanol–water partition coefficient (Wildman–Crippen LogP) is 1.97. The number of carbonyl (C=O) groups excluding carboxylic acids is 1. The summed E-state index contributed by atoms with van der Waals surface area (Å²) < 4.78 is 29.5. The molecule has 6 nitrogen and oxygen atoms in total. The van der Waals surface area contributed by atoms with Crippen molar-refractivity contribution in [1.29, 1.82) is 0 Å². The highest BCUT2D eigenvalue weighted by atomic mass is 79.9. The molecule has 0 spiro atoms. The molecular formula is C12H11BrN2O4S. The van der Waals surface area contributed by atoms with Crippen LogP contribution in [0.4, 0.5) is 0 Å². The summed E-state index contributed by atoms with van der Waals surface area (Å²) in [5.41, 5.74) is 2.40. The van der Waals surface area contributed by atoms with E-state index in [1.54, 1.807) is 19.1 Å². The molecule has 0 fully saturated rings. The molecule has 1 aromatic heterocycles. The molecule has 1 aromatic carbocycles. The van der Waals surface area contributed by atoms with Crippen molar-refractivity contribution in [3.63, 3.8) is 0 Å². The zero-order chi connectivity index (χ0) is 14.8. The Morgan fingerprint density at radius 1 is 1.30 bits per heavy atom. The molecule has 2 rings (SSSR count). The quantitative estimate of drug-likeness (QED) is 0.817. The van der Waals surface area contributed by atoms with Crippen LogP contribution in [-0.2, 0) is 10.0 Å². The van der Waals surface area contributed by atoms with E-state index in [1.165, 1.54) is 24.5 Å². The first kappa shape index (κ1) is 14.8. The maximum atomic E-state index is 12.0. The fraction of sp³-hybridized carbons (Fsp3) is 0.0833. The first-order chi connectivity index (χ1) is 9.40. The largest absolute Gasteiger partial charge is 0.469 e. The fourth-order valence-corrected chi connectivity index (χ4v) is 2.93. The van der Waals surface area contributed by atoms with Crippen LogP contribution in [0, 0.1) is 6.92 Å². The van der Waals surface area contributed by atoms with Gasteiger partial charge in [-0.1, -0.05) is 22.0 Å². The van der Waals surface area contributed by atoms with Crippen molar-refractivity contribution in [1.82, 2.24) is 10.3 Å². The fourth-order valence-electron chi connectivity index (χ4n) is 1.49. The summed E-state index contributed by atoms with van der Waals surface area (Å²) >= 11 is 3.18. The van der Waals surface area contributed by atoms with E-state index in [1.807, 2.05) is 4.83 Å². The number of hydrogen-bond donors (Lipinski definition) is 2. The second-order valence-electron chi connectivity index (χ2n) is 3.91. The van der Waals surface area contributed by atoms with Crippen molar-refractivity contribution in [2.75, 3.05) is 0 Å². The van der Waals surface area contributed by atoms with Gasteiger partial charge in [-0.15, -0.1) is 4.83 Å². The number of aryl methyl sites for hydroxylation is 1. The molecule has 0 bridgehead atoms. The summed E-state index contributed by atoms with van der Waals surface area (Å²) in [6.45, 7) is 1.61. The molecule has 8 heteroatoms. The van der Waals surface area contributed by atoms with Crippen molar-refractivity contribution >= 4 is 31.9 Å². The Hall–Kier alpha value is -1.64. The van der Waals surface area contributed by atoms with Gasteiger partial charge in [-0.25, -0.2) is 8.42 Å². The molecule has 20 heavy (non-hydrogen) atoms. The first-order valence-corrected chi connectivity index (χ1v) is 7.79. The van der Waals surface area contributed by atoms with Gasteiger partial charge < -0.3 is 4.42 Å². The third kappa shape index (κ3) is 3.27. The number of carbonyl (C=O) groups is 1. The number of halogens is 1. The number of furan rings is 1. The third-order valence-corrected chi connectivity index (χ3v) is 4.25. The van der Waals surface area contributed by atoms with E-state index < -0.39 is 15.9 Å². The monoisotopic (exact) mass is 358 g/mol. The van der Waals surface area contributed by atoms with Crippen molar-refractivity contribution in [3.8, 4) is 0 Å². The van der Waals surface area contributed by atoms with E-state index in [0.717, 1.165) is 0 Å². The number of benzene rings is 1. The third-order valence-electron chi connectivity index (χ3n) is 2.51. The molecule has 2 N–H and O–H groups in total. The molecule has 106 valence electrons. The van der Waals surface area contributed by atoms with Gasteiger partial charge in [0.1, 0.15) is 5.76 Å². The van der Waals surface area contributed by atoms with E-state index >= 15 is 0 Å². The Morgan fingerprint density at radius 2 is 2.05 bits per heavy atom. The van der Waals surface area contributed by atoms with E-state index in [9.17, 15) is 13.2 Å². The minimum absolute atomic E-state index is 0.0380. The normalized spacial score (nSPS) is 11.3. The van der Waals surface area contributed by atoms with Crippen LogP contribution in [-0.4, -0.2) is 14.3 Å². The highest BCUT2D eigenvalue weighted by Gasteiger charge is 2.17. The van der Waals surface area contributed by atoms with Gasteiger partial charge >= 0.3 is 0 Å². The molecule has 1 heterocycles. The van der Waals surface area contributed by atoms with Crippen LogP contribution in [0.2, 0.25) is 0 Å². The Bertz CT molecular complexity index is 739. The Labute approximate surface area is 124 Å². The smallest absolute Gasteiger partial charge is 0.269 e. The predicted molar refractivity (Wildman–Crippen MR) is 75.4 cm³/mol. The van der Waals surface area contributed by atoms with Crippen LogP contribution in [0.3, 0.4) is 0 Å². The van der Waals surface area contributed by atoms with Crippen LogP contribution in [0.1, 0.15) is 16.1 Å². The van der Waals surface area contributed by atoms with Crippen molar-refractivity contribution in [2.45, 2.75) is 11.8 Å². The average molecular weight is 359 g/mol. The second-order valence-corrected chi connectivity index (χ2v) is 6.51. The molecule has 0 aliphatic rings. The number of nitrogens with one attached hydrogen (secondary N) is 2. The van der Waals surface area contributed by atoms with Gasteiger partial charge in [0, 0.05) is 4.47 Å². The molecule has 1 amide bonds. The van der Waals surface area contributed by atoms with Crippen molar-refractivity contribution < 1.29 is 17.6 Å². The zero-order valence-corrected chi connectivity index (χ0v) is 12.8. The molecule has 0 atom stereocenters. The van der Waals surface area contributed by atoms with E-state index in [2.05, 4.69) is 21.4 Å². The number of rotatable bonds is 4. The summed E-state index contributed by atoms with van der Waals surface area (Å²) in [4.78, 5) is 13.8. The first-order valence-electron chi connectivity index (χ1n) is 5.52. The minimum Gasteiger partial charge on any atom is -0.469 e. The van der Waals surface area contributed by atoms with Crippen molar-refractivity contribution in [3.05, 3.63) is 52.4 Å². The van der Waals surface area contributed by atoms with Crippen molar-refractivity contribution in [2.24, 2.45) is 0 Å². The van der Waals surface area contributed by atoms with Gasteiger partial charge in [0.15, 0.2) is 0 Å². The summed E-state index contributed by atoms with van der Waals surface area (Å²) in [7, 11) is -3.82. The average Bonchev–Trinajstić information content (AvgIpc) is 2.82. The molecule has 0 saturated carbocycles. The van der Waals surface area contributed by atoms with Crippen LogP contribution in [0.25, 0.3) is 0 Å². The zero-order valence-electron chi connectivity index (χ0n) is 10.4. The van der Waals surface area contributed by atoms with Gasteiger partial charge in [-0.05, 0) is 31.2 Å². The molecule has 0 unspecified atom stereocenters. The van der Waals surface area contributed by atoms with Crippen LogP contribution >= 0.6 is 15.9 Å². The van der Waals surface area contributed by atoms with Gasteiger partial charge in [-0.3, -0.25) is 10.2 Å². The Morgan fingerprint density at radius 3 is 2.65 bits per heavy atom. The lowest BCUT2D eigenvalue weighted by atomic mass is 10.2. The molecule has 0 aliphatic heterocycles. The molecule has 2 aromatic rings. The second kappa shape index (κ2) is 5.78. The Balaban J connectivity index is 2.11. The summed E-state index contributed by atoms with van der Waals surface area (Å²) in [6, 6.07) is 7.59. The van der Waals surface area contributed by atoms with E-state index in [0.29, 0.717) is 10.2 Å². The Kier molecular flexibility index (Phi) is 4.26. The molecular weight excluding hydrogens is 348 g/mol. The van der Waals surface area contributed by atoms with E-state index in [-0.39, 0.29) is 10.5 Å². The highest BCUT2D eigenvalue weighted by molar-refractivity contribution is 9.10. The highest BCUT2D eigenvalue weighted by Crippen LogP contribution is 2.15. The summed E-state index contributed by atoms with van der Waals surface area (Å²) in [5, 5.41) is 0. The molecule has 0 saturated heterocycles. The van der Waals surface area contributed by atoms with Crippen LogP contribution in [0.5, 0.6) is 0 Å². The van der Waals surface area contributed by atoms with Gasteiger partial charge in [0.05, 0.1) is 16.7 Å². The summed E-state index contributed by atoms with van der Waals surface area (Å²) in [6.07, 6.45) is 1.35. The molecule has 0 aliphatic carbocycles. The van der Waals surface area contributed by atoms with Gasteiger partial charge in [-0.2, -0.15) is 0 Å². The number of amides is 1. The van der Waals surface area contributed by atoms with Crippen LogP contribution < -0.4 is 10.3 Å². The standard InChI is InChI=1S/C12H11BrN2O4S/c1-8-11(5-6-19-8)12(16)14-15-20(17,18)10-4-2-3-9(13)7-10/h2-7,15H,1H3,(H,14,16). The lowest BCUT2D eigenvalue weighted by Crippen LogP contribution is -2.41. The minimum atomic E-state index is -3.82. The maximum Gasteiger partial charge on any atom is 0.269 e. The lowest BCUT2D eigenvalue weighted by Gasteiger charge is -2.08. The van der Waals surface area contributed by atoms with Crippen LogP contribution in [0.15, 0.2) is 50.4 Å². The topological polar surface area (TPSA) is 88.4 Å². The van der Waals surface area contributed by atoms with E-state index in [4.69, 9.17) is 4.42 Å². The number of sulfonamides is 1. The lowest BCUT2D eigenvalue weighted by molar-refractivity contribution is 0.0943. The molecule has 0 radical (unpaired) electrons. The SMILES string of the molecule is Cc1occc1C(=O)NNS(=O)(=O)c1cccc(Br)c1.